The highest BCUT2D eigenvalue weighted by atomic mass is 28.4. The molecule has 0 heterocycles. The number of carbonyl (C=O) groups excluding carboxylic acids is 1. The quantitative estimate of drug-likeness (QED) is 0.386. The summed E-state index contributed by atoms with van der Waals surface area (Å²) in [5, 5.41) is 13.8. The second-order valence-electron chi connectivity index (χ2n) is 9.54. The van der Waals surface area contributed by atoms with Crippen molar-refractivity contribution in [2.24, 2.45) is 0 Å². The Balaban J connectivity index is 2.90. The largest absolute Gasteiger partial charge is 0.444 e. The maximum Gasteiger partial charge on any atom is 0.407 e. The molecule has 0 aliphatic heterocycles. The standard InChI is InChI=1S/C20H34N2O5Si/c1-19(2,3)27-18(23)21-16(14-26-28(7,8)20(4,5)6)13-15-9-11-17(12-10-15)22(24)25/h9-12,16H,13-14H2,1-8H3,(H,21,23)/t16-/m0/s1. The Morgan fingerprint density at radius 3 is 2.11 bits per heavy atom. The van der Waals surface area contributed by atoms with E-state index < -0.39 is 24.9 Å². The zero-order valence-corrected chi connectivity index (χ0v) is 19.3. The van der Waals surface area contributed by atoms with Crippen LogP contribution in [0, 0.1) is 10.1 Å². The molecule has 0 bridgehead atoms. The first-order valence-corrected chi connectivity index (χ1v) is 12.4. The van der Waals surface area contributed by atoms with Gasteiger partial charge in [-0.25, -0.2) is 4.79 Å². The number of hydrogen-bond acceptors (Lipinski definition) is 5. The number of nitro benzene ring substituents is 1. The zero-order chi connectivity index (χ0) is 21.8. The lowest BCUT2D eigenvalue weighted by Crippen LogP contribution is -2.48. The van der Waals surface area contributed by atoms with E-state index in [2.05, 4.69) is 39.2 Å². The molecule has 0 aliphatic carbocycles. The van der Waals surface area contributed by atoms with Gasteiger partial charge in [-0.1, -0.05) is 32.9 Å². The van der Waals surface area contributed by atoms with Crippen molar-refractivity contribution in [2.45, 2.75) is 77.7 Å². The van der Waals surface area contributed by atoms with Crippen LogP contribution in [0.15, 0.2) is 24.3 Å². The van der Waals surface area contributed by atoms with Gasteiger partial charge in [-0.3, -0.25) is 10.1 Å². The summed E-state index contributed by atoms with van der Waals surface area (Å²) in [6.07, 6.45) is -0.00970. The molecule has 0 radical (unpaired) electrons. The third kappa shape index (κ3) is 7.98. The SMILES string of the molecule is CC(C)(C)OC(=O)N[C@H](CO[Si](C)(C)C(C)(C)C)Cc1ccc([N+](=O)[O-])cc1. The number of alkyl carbamates (subject to hydrolysis) is 1. The normalized spacial score (nSPS) is 13.7. The molecule has 0 saturated carbocycles. The number of nitrogens with one attached hydrogen (secondary N) is 1. The van der Waals surface area contributed by atoms with Gasteiger partial charge in [0.05, 0.1) is 17.6 Å². The number of non-ortho nitro benzene ring substituents is 1. The van der Waals surface area contributed by atoms with Gasteiger partial charge in [0.25, 0.3) is 5.69 Å². The van der Waals surface area contributed by atoms with Crippen molar-refractivity contribution in [1.82, 2.24) is 5.32 Å². The first-order valence-electron chi connectivity index (χ1n) is 9.47. The van der Waals surface area contributed by atoms with Crippen LogP contribution in [0.2, 0.25) is 18.1 Å². The molecule has 0 aliphatic rings. The second-order valence-corrected chi connectivity index (χ2v) is 14.4. The van der Waals surface area contributed by atoms with E-state index in [1.54, 1.807) is 12.1 Å². The molecule has 0 saturated heterocycles. The molecule has 1 aromatic rings. The molecule has 0 spiro atoms. The summed E-state index contributed by atoms with van der Waals surface area (Å²) in [7, 11) is -1.99. The highest BCUT2D eigenvalue weighted by molar-refractivity contribution is 6.74. The molecule has 158 valence electrons. The van der Waals surface area contributed by atoms with Gasteiger partial charge in [0.2, 0.25) is 0 Å². The lowest BCUT2D eigenvalue weighted by molar-refractivity contribution is -0.384. The molecule has 7 nitrogen and oxygen atoms in total. The van der Waals surface area contributed by atoms with Crippen molar-refractivity contribution in [3.8, 4) is 0 Å². The Bertz CT molecular complexity index is 675. The molecule has 0 unspecified atom stereocenters. The van der Waals surface area contributed by atoms with Crippen molar-refractivity contribution >= 4 is 20.1 Å². The van der Waals surface area contributed by atoms with Gasteiger partial charge >= 0.3 is 6.09 Å². The van der Waals surface area contributed by atoms with E-state index in [1.807, 2.05) is 20.8 Å². The molecule has 28 heavy (non-hydrogen) atoms. The fourth-order valence-electron chi connectivity index (χ4n) is 2.19. The number of hydrogen-bond donors (Lipinski definition) is 1. The van der Waals surface area contributed by atoms with Gasteiger partial charge in [-0.05, 0) is 50.9 Å². The lowest BCUT2D eigenvalue weighted by atomic mass is 10.1. The van der Waals surface area contributed by atoms with E-state index in [-0.39, 0.29) is 16.8 Å². The molecule has 0 aromatic heterocycles. The molecule has 1 aromatic carbocycles. The van der Waals surface area contributed by atoms with E-state index in [0.29, 0.717) is 13.0 Å². The Morgan fingerprint density at radius 1 is 1.14 bits per heavy atom. The van der Waals surface area contributed by atoms with Crippen LogP contribution in [-0.2, 0) is 15.6 Å². The summed E-state index contributed by atoms with van der Waals surface area (Å²) in [6, 6.07) is 6.04. The number of nitro groups is 1. The average molecular weight is 411 g/mol. The Kier molecular flexibility index (Phi) is 7.79. The maximum atomic E-state index is 12.3. The number of rotatable bonds is 7. The van der Waals surface area contributed by atoms with Gasteiger partial charge in [0, 0.05) is 12.1 Å². The zero-order valence-electron chi connectivity index (χ0n) is 18.3. The molecule has 1 atom stereocenters. The summed E-state index contributed by atoms with van der Waals surface area (Å²) in [5.41, 5.74) is 0.325. The highest BCUT2D eigenvalue weighted by Gasteiger charge is 2.37. The first-order chi connectivity index (χ1) is 12.6. The Morgan fingerprint density at radius 2 is 1.68 bits per heavy atom. The summed E-state index contributed by atoms with van der Waals surface area (Å²) in [5.74, 6) is 0. The fraction of sp³-hybridized carbons (Fsp3) is 0.650. The number of amides is 1. The molecule has 0 fully saturated rings. The second kappa shape index (κ2) is 9.04. The van der Waals surface area contributed by atoms with Crippen molar-refractivity contribution in [2.75, 3.05) is 6.61 Å². The predicted octanol–water partition coefficient (Wildman–Crippen LogP) is 5.05. The smallest absolute Gasteiger partial charge is 0.407 e. The summed E-state index contributed by atoms with van der Waals surface area (Å²) in [6.45, 7) is 16.6. The summed E-state index contributed by atoms with van der Waals surface area (Å²) >= 11 is 0. The van der Waals surface area contributed by atoms with Gasteiger partial charge in [0.1, 0.15) is 5.60 Å². The monoisotopic (exact) mass is 410 g/mol. The van der Waals surface area contributed by atoms with Gasteiger partial charge < -0.3 is 14.5 Å². The van der Waals surface area contributed by atoms with Crippen molar-refractivity contribution in [3.05, 3.63) is 39.9 Å². The molecule has 8 heteroatoms. The van der Waals surface area contributed by atoms with Crippen LogP contribution in [0.5, 0.6) is 0 Å². The summed E-state index contributed by atoms with van der Waals surface area (Å²) in [4.78, 5) is 22.7. The Labute approximate surface area is 169 Å². The number of benzene rings is 1. The minimum atomic E-state index is -1.99. The topological polar surface area (TPSA) is 90.7 Å². The van der Waals surface area contributed by atoms with Gasteiger partial charge in [-0.15, -0.1) is 0 Å². The molecule has 1 amide bonds. The number of nitrogens with zero attached hydrogens (tertiary/aromatic N) is 1. The molecular formula is C20H34N2O5Si. The first kappa shape index (κ1) is 24.1. The van der Waals surface area contributed by atoms with Crippen LogP contribution in [0.25, 0.3) is 0 Å². The summed E-state index contributed by atoms with van der Waals surface area (Å²) < 4.78 is 11.7. The predicted molar refractivity (Wildman–Crippen MR) is 113 cm³/mol. The number of ether oxygens (including phenoxy) is 1. The van der Waals surface area contributed by atoms with E-state index in [4.69, 9.17) is 9.16 Å². The van der Waals surface area contributed by atoms with Crippen LogP contribution < -0.4 is 5.32 Å². The van der Waals surface area contributed by atoms with Crippen molar-refractivity contribution < 1.29 is 18.9 Å². The average Bonchev–Trinajstić information content (AvgIpc) is 2.50. The third-order valence-electron chi connectivity index (χ3n) is 4.80. The van der Waals surface area contributed by atoms with E-state index in [0.717, 1.165) is 5.56 Å². The van der Waals surface area contributed by atoms with Crippen molar-refractivity contribution in [3.63, 3.8) is 0 Å². The van der Waals surface area contributed by atoms with Crippen LogP contribution in [-0.4, -0.2) is 37.6 Å². The van der Waals surface area contributed by atoms with E-state index in [9.17, 15) is 14.9 Å². The third-order valence-corrected chi connectivity index (χ3v) is 9.30. The number of carbonyl (C=O) groups is 1. The molecular weight excluding hydrogens is 376 g/mol. The van der Waals surface area contributed by atoms with Gasteiger partial charge in [-0.2, -0.15) is 0 Å². The van der Waals surface area contributed by atoms with E-state index >= 15 is 0 Å². The molecule has 1 N–H and O–H groups in total. The minimum absolute atomic E-state index is 0.0397. The minimum Gasteiger partial charge on any atom is -0.444 e. The fourth-order valence-corrected chi connectivity index (χ4v) is 3.24. The van der Waals surface area contributed by atoms with Crippen LogP contribution in [0.1, 0.15) is 47.1 Å². The highest BCUT2D eigenvalue weighted by Crippen LogP contribution is 2.36. The van der Waals surface area contributed by atoms with Crippen molar-refractivity contribution in [1.29, 1.82) is 0 Å². The Hall–Kier alpha value is -1.93. The maximum absolute atomic E-state index is 12.3. The lowest BCUT2D eigenvalue weighted by Gasteiger charge is -2.37. The van der Waals surface area contributed by atoms with Crippen LogP contribution in [0.4, 0.5) is 10.5 Å². The van der Waals surface area contributed by atoms with Gasteiger partial charge in [0.15, 0.2) is 8.32 Å². The molecule has 1 rings (SSSR count). The van der Waals surface area contributed by atoms with E-state index in [1.165, 1.54) is 12.1 Å². The van der Waals surface area contributed by atoms with Crippen LogP contribution in [0.3, 0.4) is 0 Å². The van der Waals surface area contributed by atoms with Crippen LogP contribution >= 0.6 is 0 Å².